The van der Waals surface area contributed by atoms with Gasteiger partial charge in [0.05, 0.1) is 26.2 Å². The molecule has 0 fully saturated rings. The van der Waals surface area contributed by atoms with Crippen molar-refractivity contribution < 1.29 is 23.8 Å². The molecular weight excluding hydrogens is 314 g/mol. The van der Waals surface area contributed by atoms with E-state index in [1.807, 2.05) is 0 Å². The smallest absolute Gasteiger partial charge is 0.361 e. The fourth-order valence-corrected chi connectivity index (χ4v) is 1.97. The average Bonchev–Trinajstić information content (AvgIpc) is 3.06. The Kier molecular flexibility index (Phi) is 6.30. The fourth-order valence-electron chi connectivity index (χ4n) is 1.97. The summed E-state index contributed by atoms with van der Waals surface area (Å²) in [6.07, 6.45) is 0.186. The van der Waals surface area contributed by atoms with Gasteiger partial charge in [0.15, 0.2) is 5.69 Å². The van der Waals surface area contributed by atoms with Crippen LogP contribution >= 0.6 is 0 Å². The maximum absolute atomic E-state index is 11.8. The molecule has 1 heterocycles. The molecule has 0 saturated heterocycles. The fraction of sp³-hybridized carbons (Fsp3) is 0.375. The van der Waals surface area contributed by atoms with Crippen LogP contribution in [0, 0.1) is 0 Å². The summed E-state index contributed by atoms with van der Waals surface area (Å²) in [7, 11) is 0. The zero-order chi connectivity index (χ0) is 17.4. The average molecular weight is 333 g/mol. The zero-order valence-electron chi connectivity index (χ0n) is 13.6. The lowest BCUT2D eigenvalue weighted by molar-refractivity contribution is -0.143. The van der Waals surface area contributed by atoms with Crippen LogP contribution in [0.3, 0.4) is 0 Å². The number of H-pyrrole nitrogens is 1. The maximum Gasteiger partial charge on any atom is 0.361 e. The number of nitrogens with zero attached hydrogens (tertiary/aromatic N) is 2. The van der Waals surface area contributed by atoms with E-state index in [1.165, 1.54) is 0 Å². The molecule has 0 aliphatic carbocycles. The minimum atomic E-state index is -0.531. The van der Waals surface area contributed by atoms with Gasteiger partial charge in [-0.15, -0.1) is 5.10 Å². The van der Waals surface area contributed by atoms with Crippen LogP contribution < -0.4 is 4.74 Å². The SMILES string of the molecule is CCOC(=O)CCOc1ccc(-c2n[nH]nc2C(=O)OCC)cc1. The predicted octanol–water partition coefficient (Wildman–Crippen LogP) is 1.98. The van der Waals surface area contributed by atoms with Crippen LogP contribution in [0.5, 0.6) is 5.75 Å². The molecule has 0 unspecified atom stereocenters. The molecule has 1 aromatic heterocycles. The van der Waals surface area contributed by atoms with Gasteiger partial charge in [-0.3, -0.25) is 4.79 Å². The van der Waals surface area contributed by atoms with Crippen molar-refractivity contribution in [1.29, 1.82) is 0 Å². The summed E-state index contributed by atoms with van der Waals surface area (Å²) in [5, 5.41) is 10.2. The molecule has 2 rings (SSSR count). The van der Waals surface area contributed by atoms with Crippen molar-refractivity contribution in [2.45, 2.75) is 20.3 Å². The number of ether oxygens (including phenoxy) is 3. The number of carbonyl (C=O) groups is 2. The number of hydrogen-bond donors (Lipinski definition) is 1. The van der Waals surface area contributed by atoms with E-state index >= 15 is 0 Å². The lowest BCUT2D eigenvalue weighted by Gasteiger charge is -2.07. The Labute approximate surface area is 139 Å². The summed E-state index contributed by atoms with van der Waals surface area (Å²) in [6.45, 7) is 4.33. The summed E-state index contributed by atoms with van der Waals surface area (Å²) in [4.78, 5) is 23.0. The highest BCUT2D eigenvalue weighted by molar-refractivity contribution is 5.93. The molecule has 0 bridgehead atoms. The Morgan fingerprint density at radius 2 is 1.75 bits per heavy atom. The van der Waals surface area contributed by atoms with Crippen molar-refractivity contribution in [3.05, 3.63) is 30.0 Å². The summed E-state index contributed by atoms with van der Waals surface area (Å²) < 4.78 is 15.2. The highest BCUT2D eigenvalue weighted by Crippen LogP contribution is 2.23. The highest BCUT2D eigenvalue weighted by atomic mass is 16.5. The van der Waals surface area contributed by atoms with Gasteiger partial charge in [0.1, 0.15) is 11.4 Å². The van der Waals surface area contributed by atoms with Crippen LogP contribution in [0.2, 0.25) is 0 Å². The largest absolute Gasteiger partial charge is 0.493 e. The number of aromatic amines is 1. The molecular formula is C16H19N3O5. The lowest BCUT2D eigenvalue weighted by atomic mass is 10.1. The third-order valence-corrected chi connectivity index (χ3v) is 3.02. The van der Waals surface area contributed by atoms with Crippen molar-refractivity contribution in [3.8, 4) is 17.0 Å². The third-order valence-electron chi connectivity index (χ3n) is 3.02. The number of rotatable bonds is 8. The minimum absolute atomic E-state index is 0.132. The second-order valence-corrected chi connectivity index (χ2v) is 4.67. The Bertz CT molecular complexity index is 681. The quantitative estimate of drug-likeness (QED) is 0.737. The first-order chi connectivity index (χ1) is 11.7. The molecule has 8 heteroatoms. The molecule has 1 aromatic carbocycles. The molecule has 0 atom stereocenters. The van der Waals surface area contributed by atoms with Gasteiger partial charge >= 0.3 is 11.9 Å². The van der Waals surface area contributed by atoms with Gasteiger partial charge in [0.2, 0.25) is 0 Å². The van der Waals surface area contributed by atoms with E-state index in [0.717, 1.165) is 0 Å². The standard InChI is InChI=1S/C16H19N3O5/c1-3-22-13(20)9-10-24-12-7-5-11(6-8-12)14-15(18-19-17-14)16(21)23-4-2/h5-8H,3-4,9-10H2,1-2H3,(H,17,18,19). The number of benzene rings is 1. The van der Waals surface area contributed by atoms with Crippen LogP contribution in [-0.2, 0) is 14.3 Å². The topological polar surface area (TPSA) is 103 Å². The molecule has 0 aliphatic rings. The van der Waals surface area contributed by atoms with E-state index < -0.39 is 5.97 Å². The minimum Gasteiger partial charge on any atom is -0.493 e. The number of hydrogen-bond acceptors (Lipinski definition) is 7. The Morgan fingerprint density at radius 1 is 1.04 bits per heavy atom. The van der Waals surface area contributed by atoms with E-state index in [0.29, 0.717) is 23.6 Å². The molecule has 24 heavy (non-hydrogen) atoms. The van der Waals surface area contributed by atoms with Crippen LogP contribution in [0.4, 0.5) is 0 Å². The Balaban J connectivity index is 1.99. The predicted molar refractivity (Wildman–Crippen MR) is 84.5 cm³/mol. The molecule has 0 amide bonds. The van der Waals surface area contributed by atoms with Crippen molar-refractivity contribution >= 4 is 11.9 Å². The molecule has 128 valence electrons. The summed E-state index contributed by atoms with van der Waals surface area (Å²) >= 11 is 0. The molecule has 2 aromatic rings. The van der Waals surface area contributed by atoms with Gasteiger partial charge in [0.25, 0.3) is 0 Å². The molecule has 0 saturated carbocycles. The second-order valence-electron chi connectivity index (χ2n) is 4.67. The monoisotopic (exact) mass is 333 g/mol. The van der Waals surface area contributed by atoms with Gasteiger partial charge in [-0.05, 0) is 38.1 Å². The molecule has 0 radical (unpaired) electrons. The van der Waals surface area contributed by atoms with E-state index in [2.05, 4.69) is 15.4 Å². The summed E-state index contributed by atoms with van der Waals surface area (Å²) in [5.74, 6) is -0.226. The van der Waals surface area contributed by atoms with Crippen molar-refractivity contribution in [1.82, 2.24) is 15.4 Å². The first-order valence-corrected chi connectivity index (χ1v) is 7.62. The number of carbonyl (C=O) groups excluding carboxylic acids is 2. The van der Waals surface area contributed by atoms with Gasteiger partial charge in [-0.25, -0.2) is 4.79 Å². The van der Waals surface area contributed by atoms with Crippen LogP contribution in [0.1, 0.15) is 30.8 Å². The number of esters is 2. The van der Waals surface area contributed by atoms with E-state index in [1.54, 1.807) is 38.1 Å². The summed E-state index contributed by atoms with van der Waals surface area (Å²) in [6, 6.07) is 6.95. The van der Waals surface area contributed by atoms with Gasteiger partial charge in [0, 0.05) is 5.56 Å². The number of aromatic nitrogens is 3. The highest BCUT2D eigenvalue weighted by Gasteiger charge is 2.18. The normalized spacial score (nSPS) is 10.2. The first kappa shape index (κ1) is 17.5. The molecule has 1 N–H and O–H groups in total. The van der Waals surface area contributed by atoms with Crippen LogP contribution in [0.15, 0.2) is 24.3 Å². The summed E-state index contributed by atoms with van der Waals surface area (Å²) in [5.41, 5.74) is 1.24. The van der Waals surface area contributed by atoms with Crippen LogP contribution in [-0.4, -0.2) is 47.2 Å². The molecule has 0 spiro atoms. The van der Waals surface area contributed by atoms with Crippen molar-refractivity contribution in [2.75, 3.05) is 19.8 Å². The van der Waals surface area contributed by atoms with Crippen molar-refractivity contribution in [3.63, 3.8) is 0 Å². The third kappa shape index (κ3) is 4.55. The molecule has 8 nitrogen and oxygen atoms in total. The lowest BCUT2D eigenvalue weighted by Crippen LogP contribution is -2.09. The van der Waals surface area contributed by atoms with E-state index in [9.17, 15) is 9.59 Å². The Hall–Kier alpha value is -2.90. The van der Waals surface area contributed by atoms with Crippen LogP contribution in [0.25, 0.3) is 11.3 Å². The van der Waals surface area contributed by atoms with E-state index in [4.69, 9.17) is 14.2 Å². The zero-order valence-corrected chi connectivity index (χ0v) is 13.6. The Morgan fingerprint density at radius 3 is 2.42 bits per heavy atom. The number of nitrogens with one attached hydrogen (secondary N) is 1. The maximum atomic E-state index is 11.8. The van der Waals surface area contributed by atoms with Gasteiger partial charge in [-0.2, -0.15) is 10.3 Å². The molecule has 0 aliphatic heterocycles. The second kappa shape index (κ2) is 8.66. The first-order valence-electron chi connectivity index (χ1n) is 7.62. The van der Waals surface area contributed by atoms with Crippen molar-refractivity contribution in [2.24, 2.45) is 0 Å². The van der Waals surface area contributed by atoms with Gasteiger partial charge < -0.3 is 14.2 Å². The van der Waals surface area contributed by atoms with Gasteiger partial charge in [-0.1, -0.05) is 0 Å². The van der Waals surface area contributed by atoms with E-state index in [-0.39, 0.29) is 31.3 Å².